The van der Waals surface area contributed by atoms with Crippen molar-refractivity contribution in [3.8, 4) is 0 Å². The zero-order valence-electron chi connectivity index (χ0n) is 17.4. The number of hydrogen-bond acceptors (Lipinski definition) is 6. The van der Waals surface area contributed by atoms with Crippen molar-refractivity contribution in [1.82, 2.24) is 9.88 Å². The number of hydrogen-bond donors (Lipinski definition) is 4. The maximum Gasteiger partial charge on any atom is 0.314 e. The molecular weight excluding hydrogens is 428 g/mol. The Morgan fingerprint density at radius 2 is 1.81 bits per heavy atom. The topological polar surface area (TPSA) is 138 Å². The van der Waals surface area contributed by atoms with Gasteiger partial charge in [-0.3, -0.25) is 9.59 Å². The van der Waals surface area contributed by atoms with Crippen molar-refractivity contribution in [2.45, 2.75) is 20.0 Å². The Hall–Kier alpha value is -3.91. The molecule has 3 rings (SSSR count). The minimum Gasteiger partial charge on any atom is -0.396 e. The number of anilines is 3. The summed E-state index contributed by atoms with van der Waals surface area (Å²) in [6, 6.07) is 14.7. The third-order valence-electron chi connectivity index (χ3n) is 4.97. The third-order valence-corrected chi connectivity index (χ3v) is 5.22. The number of nitrogens with one attached hydrogen (secondary N) is 2. The van der Waals surface area contributed by atoms with Gasteiger partial charge in [-0.2, -0.15) is 0 Å². The molecule has 0 aliphatic rings. The number of benzene rings is 2. The first-order valence-electron chi connectivity index (χ1n) is 9.73. The maximum atomic E-state index is 13.1. The second kappa shape index (κ2) is 9.93. The zero-order chi connectivity index (χ0) is 23.3. The van der Waals surface area contributed by atoms with Gasteiger partial charge in [-0.15, -0.1) is 0 Å². The van der Waals surface area contributed by atoms with Gasteiger partial charge in [0.2, 0.25) is 0 Å². The average Bonchev–Trinajstić information content (AvgIpc) is 2.78. The van der Waals surface area contributed by atoms with E-state index in [1.54, 1.807) is 24.3 Å². The van der Waals surface area contributed by atoms with Gasteiger partial charge >= 0.3 is 11.8 Å². The van der Waals surface area contributed by atoms with Crippen LogP contribution >= 0.6 is 11.6 Å². The van der Waals surface area contributed by atoms with Crippen LogP contribution in [-0.4, -0.2) is 27.9 Å². The molecule has 0 unspecified atom stereocenters. The Balaban J connectivity index is 1.86. The van der Waals surface area contributed by atoms with Crippen molar-refractivity contribution in [2.24, 2.45) is 0 Å². The fourth-order valence-corrected chi connectivity index (χ4v) is 3.26. The lowest BCUT2D eigenvalue weighted by molar-refractivity contribution is -0.144. The molecule has 0 aliphatic heterocycles. The highest BCUT2D eigenvalue weighted by atomic mass is 35.5. The molecular formula is C23H23ClN6O2. The summed E-state index contributed by atoms with van der Waals surface area (Å²) in [6.07, 6.45) is 2.20. The predicted octanol–water partition coefficient (Wildman–Crippen LogP) is 3.37. The second-order valence-electron chi connectivity index (χ2n) is 7.20. The van der Waals surface area contributed by atoms with Crippen LogP contribution in [0.3, 0.4) is 0 Å². The number of halogens is 1. The van der Waals surface area contributed by atoms with E-state index in [-0.39, 0.29) is 35.8 Å². The second-order valence-corrected chi connectivity index (χ2v) is 7.63. The molecule has 164 valence electrons. The lowest BCUT2D eigenvalue weighted by atomic mass is 10.1. The zero-order valence-corrected chi connectivity index (χ0v) is 18.2. The molecule has 2 amide bonds. The quantitative estimate of drug-likeness (QED) is 0.337. The van der Waals surface area contributed by atoms with Crippen LogP contribution in [-0.2, 0) is 22.7 Å². The summed E-state index contributed by atoms with van der Waals surface area (Å²) in [4.78, 5) is 31.3. The van der Waals surface area contributed by atoms with Gasteiger partial charge in [-0.05, 0) is 35.7 Å². The molecule has 0 aliphatic carbocycles. The molecule has 0 fully saturated rings. The number of carbonyl (C=O) groups excluding carboxylic acids is 2. The van der Waals surface area contributed by atoms with E-state index in [9.17, 15) is 9.59 Å². The Kier molecular flexibility index (Phi) is 7.07. The summed E-state index contributed by atoms with van der Waals surface area (Å²) in [5, 5.41) is 10.5. The van der Waals surface area contributed by atoms with Crippen LogP contribution in [0.5, 0.6) is 0 Å². The number of pyridine rings is 1. The van der Waals surface area contributed by atoms with E-state index in [1.165, 1.54) is 11.1 Å². The van der Waals surface area contributed by atoms with Gasteiger partial charge in [-0.25, -0.2) is 4.98 Å². The number of aryl methyl sites for hydroxylation is 1. The van der Waals surface area contributed by atoms with Crippen molar-refractivity contribution in [3.05, 3.63) is 82.0 Å². The normalized spacial score (nSPS) is 10.4. The number of carbonyl (C=O) groups is 2. The summed E-state index contributed by atoms with van der Waals surface area (Å²) in [7, 11) is 0. The van der Waals surface area contributed by atoms with Crippen LogP contribution in [0.15, 0.2) is 54.7 Å². The summed E-state index contributed by atoms with van der Waals surface area (Å²) in [5.41, 5.74) is 14.8. The molecule has 1 aromatic heterocycles. The van der Waals surface area contributed by atoms with Crippen molar-refractivity contribution in [1.29, 1.82) is 5.41 Å². The summed E-state index contributed by atoms with van der Waals surface area (Å²) in [6.45, 7) is 2.39. The lowest BCUT2D eigenvalue weighted by Crippen LogP contribution is -2.39. The van der Waals surface area contributed by atoms with Gasteiger partial charge in [-0.1, -0.05) is 48.0 Å². The third kappa shape index (κ3) is 5.22. The molecule has 32 heavy (non-hydrogen) atoms. The number of nitrogens with two attached hydrogens (primary N) is 2. The molecule has 0 saturated heterocycles. The fourth-order valence-electron chi connectivity index (χ4n) is 3.13. The van der Waals surface area contributed by atoms with Gasteiger partial charge < -0.3 is 27.1 Å². The largest absolute Gasteiger partial charge is 0.396 e. The lowest BCUT2D eigenvalue weighted by Gasteiger charge is -2.23. The summed E-state index contributed by atoms with van der Waals surface area (Å²) >= 11 is 5.97. The molecule has 0 saturated carbocycles. The van der Waals surface area contributed by atoms with Crippen molar-refractivity contribution < 1.29 is 9.59 Å². The Morgan fingerprint density at radius 1 is 1.12 bits per heavy atom. The first-order chi connectivity index (χ1) is 15.3. The summed E-state index contributed by atoms with van der Waals surface area (Å²) in [5.74, 6) is -1.55. The molecule has 0 atom stereocenters. The molecule has 9 heteroatoms. The first kappa shape index (κ1) is 22.8. The number of rotatable bonds is 6. The van der Waals surface area contributed by atoms with Crippen LogP contribution in [0.2, 0.25) is 5.02 Å². The van der Waals surface area contributed by atoms with E-state index >= 15 is 0 Å². The number of aromatic nitrogens is 1. The Morgan fingerprint density at radius 3 is 2.47 bits per heavy atom. The van der Waals surface area contributed by atoms with E-state index in [2.05, 4.69) is 10.3 Å². The van der Waals surface area contributed by atoms with E-state index < -0.39 is 11.8 Å². The fraction of sp³-hybridized carbons (Fsp3) is 0.130. The Bertz CT molecular complexity index is 1160. The molecule has 8 nitrogen and oxygen atoms in total. The van der Waals surface area contributed by atoms with Gasteiger partial charge in [0.1, 0.15) is 5.82 Å². The van der Waals surface area contributed by atoms with Gasteiger partial charge in [0.15, 0.2) is 0 Å². The van der Waals surface area contributed by atoms with Crippen LogP contribution < -0.4 is 16.8 Å². The first-order valence-corrected chi connectivity index (χ1v) is 10.1. The van der Waals surface area contributed by atoms with Crippen molar-refractivity contribution >= 4 is 46.8 Å². The minimum atomic E-state index is -0.873. The maximum absolute atomic E-state index is 13.1. The number of amides is 2. The molecule has 3 aromatic rings. The van der Waals surface area contributed by atoms with Crippen molar-refractivity contribution in [2.75, 3.05) is 16.8 Å². The van der Waals surface area contributed by atoms with Gasteiger partial charge in [0, 0.05) is 24.3 Å². The van der Waals surface area contributed by atoms with E-state index in [0.29, 0.717) is 5.02 Å². The predicted molar refractivity (Wildman–Crippen MR) is 126 cm³/mol. The molecule has 2 aromatic carbocycles. The van der Waals surface area contributed by atoms with E-state index in [1.807, 2.05) is 31.2 Å². The number of nitrogens with zero attached hydrogens (tertiary/aromatic N) is 2. The highest BCUT2D eigenvalue weighted by Crippen LogP contribution is 2.24. The van der Waals surface area contributed by atoms with Crippen molar-refractivity contribution in [3.63, 3.8) is 0 Å². The highest BCUT2D eigenvalue weighted by Gasteiger charge is 2.24. The van der Waals surface area contributed by atoms with Crippen LogP contribution in [0.1, 0.15) is 22.3 Å². The molecule has 0 bridgehead atoms. The molecule has 0 radical (unpaired) electrons. The minimum absolute atomic E-state index is 0.0609. The number of nitrogen functional groups attached to an aromatic ring is 2. The standard InChI is InChI=1S/C23H23ClN6O2/c1-14-4-2-3-5-16(14)13-30(12-15-6-8-17(24)9-7-15)23(32)22(31)29-19-11-28-21(27)18(10-25)20(19)26/h2-11,25H,12-13H2,1H3,(H,29,31)(H4,26,27,28). The molecule has 6 N–H and O–H groups in total. The van der Waals surface area contributed by atoms with Crippen LogP contribution in [0.4, 0.5) is 17.2 Å². The summed E-state index contributed by atoms with van der Waals surface area (Å²) < 4.78 is 0. The van der Waals surface area contributed by atoms with Crippen LogP contribution in [0, 0.1) is 12.3 Å². The van der Waals surface area contributed by atoms with Gasteiger partial charge in [0.05, 0.1) is 23.1 Å². The van der Waals surface area contributed by atoms with E-state index in [4.69, 9.17) is 28.5 Å². The van der Waals surface area contributed by atoms with Crippen LogP contribution in [0.25, 0.3) is 0 Å². The monoisotopic (exact) mass is 450 g/mol. The highest BCUT2D eigenvalue weighted by molar-refractivity contribution is 6.39. The SMILES string of the molecule is Cc1ccccc1CN(Cc1ccc(Cl)cc1)C(=O)C(=O)Nc1cnc(N)c(C=N)c1N. The van der Waals surface area contributed by atoms with E-state index in [0.717, 1.165) is 22.9 Å². The average molecular weight is 451 g/mol. The molecule has 0 spiro atoms. The Labute approximate surface area is 190 Å². The smallest absolute Gasteiger partial charge is 0.314 e. The molecule has 1 heterocycles. The van der Waals surface area contributed by atoms with Gasteiger partial charge in [0.25, 0.3) is 0 Å².